The normalized spacial score (nSPS) is 15.7. The number of halogens is 1. The van der Waals surface area contributed by atoms with Gasteiger partial charge in [0, 0.05) is 23.7 Å². The van der Waals surface area contributed by atoms with Gasteiger partial charge >= 0.3 is 0 Å². The molecule has 148 valence electrons. The molecule has 0 N–H and O–H groups in total. The highest BCUT2D eigenvalue weighted by Gasteiger charge is 2.34. The Kier molecular flexibility index (Phi) is 6.36. The molecule has 7 nitrogen and oxygen atoms in total. The lowest BCUT2D eigenvalue weighted by Gasteiger charge is -2.34. The smallest absolute Gasteiger partial charge is 0.271 e. The van der Waals surface area contributed by atoms with Gasteiger partial charge in [-0.05, 0) is 49.6 Å². The van der Waals surface area contributed by atoms with E-state index in [2.05, 4.69) is 0 Å². The lowest BCUT2D eigenvalue weighted by molar-refractivity contribution is -0.384. The molecular weight excluding hydrogens is 384 g/mol. The molecule has 1 unspecified atom stereocenters. The molecule has 0 radical (unpaired) electrons. The number of hydrogen-bond donors (Lipinski definition) is 0. The fourth-order valence-electron chi connectivity index (χ4n) is 3.01. The number of rotatable bonds is 8. The second kappa shape index (κ2) is 8.93. The van der Waals surface area contributed by atoms with Crippen LogP contribution in [-0.4, -0.2) is 30.1 Å². The second-order valence-electron chi connectivity index (χ2n) is 6.42. The summed E-state index contributed by atoms with van der Waals surface area (Å²) in [5.41, 5.74) is 0.378. The van der Waals surface area contributed by atoms with E-state index in [4.69, 9.17) is 21.1 Å². The molecule has 3 rings (SSSR count). The Balaban J connectivity index is 1.63. The minimum Gasteiger partial charge on any atom is -0.494 e. The Morgan fingerprint density at radius 3 is 2.64 bits per heavy atom. The number of non-ortho nitro benzene ring substituents is 1. The van der Waals surface area contributed by atoms with Crippen LogP contribution in [0.3, 0.4) is 0 Å². The summed E-state index contributed by atoms with van der Waals surface area (Å²) < 4.78 is 11.4. The predicted molar refractivity (Wildman–Crippen MR) is 106 cm³/mol. The molecule has 0 spiro atoms. The maximum atomic E-state index is 12.7. The molecule has 0 bridgehead atoms. The van der Waals surface area contributed by atoms with Crippen molar-refractivity contribution in [1.82, 2.24) is 0 Å². The Labute approximate surface area is 168 Å². The lowest BCUT2D eigenvalue weighted by atomic mass is 10.1. The summed E-state index contributed by atoms with van der Waals surface area (Å²) in [6.45, 7) is 2.81. The maximum absolute atomic E-state index is 12.7. The van der Waals surface area contributed by atoms with Crippen molar-refractivity contribution in [3.63, 3.8) is 0 Å². The molecule has 0 fully saturated rings. The molecule has 1 aliphatic rings. The van der Waals surface area contributed by atoms with Crippen LogP contribution in [-0.2, 0) is 4.79 Å². The number of carbonyl (C=O) groups is 1. The van der Waals surface area contributed by atoms with Gasteiger partial charge in [0.2, 0.25) is 0 Å². The quantitative estimate of drug-likeness (QED) is 0.364. The van der Waals surface area contributed by atoms with Crippen LogP contribution in [0.5, 0.6) is 11.5 Å². The van der Waals surface area contributed by atoms with Gasteiger partial charge in [0.15, 0.2) is 6.10 Å². The van der Waals surface area contributed by atoms with Crippen LogP contribution in [0.1, 0.15) is 26.2 Å². The molecule has 0 saturated carbocycles. The molecule has 0 aliphatic carbocycles. The number of fused-ring (bicyclic) bond motifs is 1. The van der Waals surface area contributed by atoms with Crippen LogP contribution in [0, 0.1) is 10.1 Å². The molecule has 1 heterocycles. The van der Waals surface area contributed by atoms with Crippen molar-refractivity contribution in [3.8, 4) is 11.5 Å². The van der Waals surface area contributed by atoms with Crippen molar-refractivity contribution in [2.24, 2.45) is 0 Å². The van der Waals surface area contributed by atoms with E-state index in [0.29, 0.717) is 42.5 Å². The summed E-state index contributed by atoms with van der Waals surface area (Å²) in [4.78, 5) is 24.9. The fraction of sp³-hybridized carbons (Fsp3) is 0.350. The van der Waals surface area contributed by atoms with Gasteiger partial charge < -0.3 is 14.4 Å². The first-order valence-corrected chi connectivity index (χ1v) is 9.52. The minimum atomic E-state index is -0.570. The van der Waals surface area contributed by atoms with Crippen molar-refractivity contribution in [2.45, 2.75) is 32.3 Å². The minimum absolute atomic E-state index is 0.0684. The fourth-order valence-corrected chi connectivity index (χ4v) is 3.13. The monoisotopic (exact) mass is 404 g/mol. The maximum Gasteiger partial charge on any atom is 0.271 e. The molecule has 28 heavy (non-hydrogen) atoms. The van der Waals surface area contributed by atoms with E-state index in [0.717, 1.165) is 12.2 Å². The molecule has 1 atom stereocenters. The molecule has 0 saturated heterocycles. The molecule has 8 heteroatoms. The number of carbonyl (C=O) groups excluding carboxylic acids is 1. The van der Waals surface area contributed by atoms with Crippen molar-refractivity contribution in [2.75, 3.05) is 18.1 Å². The largest absolute Gasteiger partial charge is 0.494 e. The number of ether oxygens (including phenoxy) is 2. The van der Waals surface area contributed by atoms with E-state index in [9.17, 15) is 14.9 Å². The molecule has 2 aromatic rings. The zero-order valence-corrected chi connectivity index (χ0v) is 16.2. The highest BCUT2D eigenvalue weighted by molar-refractivity contribution is 6.30. The van der Waals surface area contributed by atoms with Gasteiger partial charge in [-0.1, -0.05) is 18.5 Å². The summed E-state index contributed by atoms with van der Waals surface area (Å²) in [5, 5.41) is 11.7. The van der Waals surface area contributed by atoms with E-state index >= 15 is 0 Å². The summed E-state index contributed by atoms with van der Waals surface area (Å²) in [5.74, 6) is 1.06. The van der Waals surface area contributed by atoms with Crippen molar-refractivity contribution in [3.05, 3.63) is 57.6 Å². The second-order valence-corrected chi connectivity index (χ2v) is 6.86. The number of nitro groups is 1. The number of benzene rings is 2. The zero-order chi connectivity index (χ0) is 20.1. The van der Waals surface area contributed by atoms with Crippen molar-refractivity contribution >= 4 is 28.9 Å². The average Bonchev–Trinajstić information content (AvgIpc) is 2.69. The molecule has 1 aliphatic heterocycles. The van der Waals surface area contributed by atoms with Gasteiger partial charge in [-0.15, -0.1) is 0 Å². The molecule has 0 aromatic heterocycles. The van der Waals surface area contributed by atoms with Crippen LogP contribution in [0.4, 0.5) is 11.4 Å². The van der Waals surface area contributed by atoms with Crippen LogP contribution in [0.25, 0.3) is 0 Å². The third-order valence-electron chi connectivity index (χ3n) is 4.48. The van der Waals surface area contributed by atoms with Crippen LogP contribution < -0.4 is 14.4 Å². The molecular formula is C20H21ClN2O5. The highest BCUT2D eigenvalue weighted by Crippen LogP contribution is 2.37. The number of amides is 1. The summed E-state index contributed by atoms with van der Waals surface area (Å²) in [7, 11) is 0. The average molecular weight is 405 g/mol. The van der Waals surface area contributed by atoms with Gasteiger partial charge in [-0.2, -0.15) is 0 Å². The van der Waals surface area contributed by atoms with Crippen molar-refractivity contribution in [1.29, 1.82) is 0 Å². The topological polar surface area (TPSA) is 81.9 Å². The Bertz CT molecular complexity index is 856. The summed E-state index contributed by atoms with van der Waals surface area (Å²) in [6.07, 6.45) is 1.39. The van der Waals surface area contributed by atoms with E-state index in [1.165, 1.54) is 12.1 Å². The van der Waals surface area contributed by atoms with E-state index in [1.807, 2.05) is 6.92 Å². The summed E-state index contributed by atoms with van der Waals surface area (Å²) in [6, 6.07) is 11.5. The predicted octanol–water partition coefficient (Wildman–Crippen LogP) is 4.61. The Hall–Kier alpha value is -2.80. The zero-order valence-electron chi connectivity index (χ0n) is 15.5. The van der Waals surface area contributed by atoms with Crippen LogP contribution in [0.2, 0.25) is 5.02 Å². The molecule has 1 amide bonds. The van der Waals surface area contributed by atoms with Gasteiger partial charge in [0.05, 0.1) is 17.2 Å². The number of nitro benzene ring substituents is 1. The Morgan fingerprint density at radius 1 is 1.21 bits per heavy atom. The third kappa shape index (κ3) is 4.54. The lowest BCUT2D eigenvalue weighted by Crippen LogP contribution is -2.46. The SMILES string of the molecule is CCC1Oc2ccc([N+](=O)[O-])cc2N(CCCCOc2ccc(Cl)cc2)C1=O. The van der Waals surface area contributed by atoms with Gasteiger partial charge in [0.25, 0.3) is 11.6 Å². The van der Waals surface area contributed by atoms with Gasteiger partial charge in [0.1, 0.15) is 11.5 Å². The number of anilines is 1. The van der Waals surface area contributed by atoms with Crippen LogP contribution >= 0.6 is 11.6 Å². The standard InChI is InChI=1S/C20H21ClN2O5/c1-2-18-20(24)22(17-13-15(23(25)26)7-10-19(17)28-18)11-3-4-12-27-16-8-5-14(21)6-9-16/h5-10,13,18H,2-4,11-12H2,1H3. The highest BCUT2D eigenvalue weighted by atomic mass is 35.5. The molecule has 2 aromatic carbocycles. The first-order valence-electron chi connectivity index (χ1n) is 9.14. The van der Waals surface area contributed by atoms with E-state index in [1.54, 1.807) is 35.2 Å². The van der Waals surface area contributed by atoms with E-state index in [-0.39, 0.29) is 11.6 Å². The number of hydrogen-bond acceptors (Lipinski definition) is 5. The first-order chi connectivity index (χ1) is 13.5. The van der Waals surface area contributed by atoms with Crippen LogP contribution in [0.15, 0.2) is 42.5 Å². The number of nitrogens with zero attached hydrogens (tertiary/aromatic N) is 2. The third-order valence-corrected chi connectivity index (χ3v) is 4.74. The Morgan fingerprint density at radius 2 is 1.96 bits per heavy atom. The van der Waals surface area contributed by atoms with Crippen molar-refractivity contribution < 1.29 is 19.2 Å². The van der Waals surface area contributed by atoms with Gasteiger partial charge in [-0.25, -0.2) is 0 Å². The van der Waals surface area contributed by atoms with Gasteiger partial charge in [-0.3, -0.25) is 14.9 Å². The summed E-state index contributed by atoms with van der Waals surface area (Å²) >= 11 is 5.85. The van der Waals surface area contributed by atoms with E-state index < -0.39 is 11.0 Å². The first kappa shape index (κ1) is 19.9. The number of unbranched alkanes of at least 4 members (excludes halogenated alkanes) is 1.